The number of anilines is 1. The van der Waals surface area contributed by atoms with E-state index in [1.165, 1.54) is 0 Å². The molecule has 7 heteroatoms. The summed E-state index contributed by atoms with van der Waals surface area (Å²) in [4.78, 5) is 15.0. The SMILES string of the molecule is CC(C)N=Cc1nc(Cl)c(Cl)nc1N1CCOCC1. The number of hydrogen-bond donors (Lipinski definition) is 0. The second kappa shape index (κ2) is 6.50. The lowest BCUT2D eigenvalue weighted by Crippen LogP contribution is -2.37. The van der Waals surface area contributed by atoms with Crippen molar-refractivity contribution in [3.8, 4) is 0 Å². The van der Waals surface area contributed by atoms with E-state index in [9.17, 15) is 0 Å². The Kier molecular flexibility index (Phi) is 4.96. The molecule has 2 rings (SSSR count). The highest BCUT2D eigenvalue weighted by Crippen LogP contribution is 2.24. The Morgan fingerprint density at radius 3 is 2.47 bits per heavy atom. The van der Waals surface area contributed by atoms with E-state index in [0.29, 0.717) is 24.7 Å². The Labute approximate surface area is 122 Å². The Hall–Kier alpha value is -0.910. The van der Waals surface area contributed by atoms with Crippen LogP contribution in [0.2, 0.25) is 10.3 Å². The molecule has 5 nitrogen and oxygen atoms in total. The molecular weight excluding hydrogens is 287 g/mol. The van der Waals surface area contributed by atoms with Crippen LogP contribution in [0.5, 0.6) is 0 Å². The number of morpholine rings is 1. The maximum atomic E-state index is 5.96. The molecule has 1 aromatic rings. The average Bonchev–Trinajstić information content (AvgIpc) is 2.40. The van der Waals surface area contributed by atoms with Gasteiger partial charge in [-0.25, -0.2) is 9.97 Å². The lowest BCUT2D eigenvalue weighted by Gasteiger charge is -2.28. The van der Waals surface area contributed by atoms with Crippen LogP contribution in [0.3, 0.4) is 0 Å². The molecule has 0 aromatic carbocycles. The standard InChI is InChI=1S/C12H16Cl2N4O/c1-8(2)15-7-9-12(17-11(14)10(13)16-9)18-3-5-19-6-4-18/h7-8H,3-6H2,1-2H3. The Bertz CT molecular complexity index is 473. The van der Waals surface area contributed by atoms with Crippen LogP contribution in [0.4, 0.5) is 5.82 Å². The van der Waals surface area contributed by atoms with Gasteiger partial charge in [0.1, 0.15) is 5.69 Å². The summed E-state index contributed by atoms with van der Waals surface area (Å²) >= 11 is 11.9. The van der Waals surface area contributed by atoms with Crippen molar-refractivity contribution in [2.75, 3.05) is 31.2 Å². The van der Waals surface area contributed by atoms with Gasteiger partial charge < -0.3 is 9.64 Å². The van der Waals surface area contributed by atoms with E-state index in [2.05, 4.69) is 19.9 Å². The molecular formula is C12H16Cl2N4O. The maximum absolute atomic E-state index is 5.96. The minimum atomic E-state index is 0.189. The van der Waals surface area contributed by atoms with E-state index >= 15 is 0 Å². The fourth-order valence-corrected chi connectivity index (χ4v) is 1.97. The van der Waals surface area contributed by atoms with Crippen molar-refractivity contribution in [3.05, 3.63) is 16.0 Å². The molecule has 0 atom stereocenters. The molecule has 104 valence electrons. The number of rotatable bonds is 3. The first-order chi connectivity index (χ1) is 9.08. The minimum absolute atomic E-state index is 0.189. The summed E-state index contributed by atoms with van der Waals surface area (Å²) in [6.07, 6.45) is 1.70. The molecule has 0 bridgehead atoms. The summed E-state index contributed by atoms with van der Waals surface area (Å²) in [6, 6.07) is 0.189. The summed E-state index contributed by atoms with van der Waals surface area (Å²) in [7, 11) is 0. The topological polar surface area (TPSA) is 50.6 Å². The molecule has 0 spiro atoms. The van der Waals surface area contributed by atoms with Crippen LogP contribution in [0, 0.1) is 0 Å². The van der Waals surface area contributed by atoms with E-state index in [4.69, 9.17) is 27.9 Å². The Balaban J connectivity index is 2.35. The van der Waals surface area contributed by atoms with Crippen LogP contribution >= 0.6 is 23.2 Å². The number of halogens is 2. The van der Waals surface area contributed by atoms with E-state index < -0.39 is 0 Å². The van der Waals surface area contributed by atoms with Gasteiger partial charge in [-0.1, -0.05) is 23.2 Å². The summed E-state index contributed by atoms with van der Waals surface area (Å²) in [5.41, 5.74) is 0.644. The van der Waals surface area contributed by atoms with Crippen molar-refractivity contribution in [2.24, 2.45) is 4.99 Å². The molecule has 0 unspecified atom stereocenters. The highest BCUT2D eigenvalue weighted by atomic mass is 35.5. The molecule has 0 N–H and O–H groups in total. The van der Waals surface area contributed by atoms with Gasteiger partial charge in [-0.15, -0.1) is 0 Å². The lowest BCUT2D eigenvalue weighted by atomic mass is 10.3. The minimum Gasteiger partial charge on any atom is -0.378 e. The highest BCUT2D eigenvalue weighted by molar-refractivity contribution is 6.40. The van der Waals surface area contributed by atoms with Gasteiger partial charge in [0.05, 0.1) is 19.4 Å². The fraction of sp³-hybridized carbons (Fsp3) is 0.583. The number of ether oxygens (including phenoxy) is 1. The van der Waals surface area contributed by atoms with Crippen LogP contribution in [-0.4, -0.2) is 48.5 Å². The van der Waals surface area contributed by atoms with Crippen LogP contribution in [0.25, 0.3) is 0 Å². The van der Waals surface area contributed by atoms with E-state index in [1.807, 2.05) is 13.8 Å². The van der Waals surface area contributed by atoms with E-state index in [0.717, 1.165) is 13.1 Å². The smallest absolute Gasteiger partial charge is 0.168 e. The Morgan fingerprint density at radius 2 is 1.84 bits per heavy atom. The van der Waals surface area contributed by atoms with Gasteiger partial charge in [0.15, 0.2) is 16.1 Å². The summed E-state index contributed by atoms with van der Waals surface area (Å²) in [5, 5.41) is 0.411. The normalized spacial score (nSPS) is 16.6. The molecule has 0 aliphatic carbocycles. The molecule has 1 aromatic heterocycles. The van der Waals surface area contributed by atoms with Gasteiger partial charge in [-0.05, 0) is 13.8 Å². The van der Waals surface area contributed by atoms with Crippen LogP contribution < -0.4 is 4.90 Å². The molecule has 0 saturated carbocycles. The van der Waals surface area contributed by atoms with Crippen LogP contribution in [-0.2, 0) is 4.74 Å². The predicted molar refractivity (Wildman–Crippen MR) is 77.8 cm³/mol. The third-order valence-electron chi connectivity index (χ3n) is 2.63. The number of hydrogen-bond acceptors (Lipinski definition) is 5. The summed E-state index contributed by atoms with van der Waals surface area (Å²) < 4.78 is 5.33. The maximum Gasteiger partial charge on any atom is 0.168 e. The third-order valence-corrected chi connectivity index (χ3v) is 3.25. The van der Waals surface area contributed by atoms with Crippen molar-refractivity contribution >= 4 is 35.2 Å². The van der Waals surface area contributed by atoms with Gasteiger partial charge in [0, 0.05) is 19.1 Å². The molecule has 1 fully saturated rings. The number of aliphatic imine (C=N–C) groups is 1. The molecule has 0 amide bonds. The predicted octanol–water partition coefficient (Wildman–Crippen LogP) is 2.45. The number of aromatic nitrogens is 2. The summed E-state index contributed by atoms with van der Waals surface area (Å²) in [5.74, 6) is 0.710. The Morgan fingerprint density at radius 1 is 1.21 bits per heavy atom. The largest absolute Gasteiger partial charge is 0.378 e. The number of nitrogens with zero attached hydrogens (tertiary/aromatic N) is 4. The van der Waals surface area contributed by atoms with Crippen LogP contribution in [0.15, 0.2) is 4.99 Å². The first kappa shape index (κ1) is 14.5. The second-order valence-electron chi connectivity index (χ2n) is 4.49. The highest BCUT2D eigenvalue weighted by Gasteiger charge is 2.18. The van der Waals surface area contributed by atoms with Crippen LogP contribution in [0.1, 0.15) is 19.5 Å². The molecule has 1 saturated heterocycles. The molecule has 1 aliphatic rings. The lowest BCUT2D eigenvalue weighted by molar-refractivity contribution is 0.122. The van der Waals surface area contributed by atoms with Gasteiger partial charge in [0.2, 0.25) is 0 Å². The first-order valence-electron chi connectivity index (χ1n) is 6.17. The zero-order valence-electron chi connectivity index (χ0n) is 10.9. The molecule has 0 radical (unpaired) electrons. The van der Waals surface area contributed by atoms with Gasteiger partial charge in [-0.2, -0.15) is 0 Å². The van der Waals surface area contributed by atoms with Gasteiger partial charge in [0.25, 0.3) is 0 Å². The van der Waals surface area contributed by atoms with Gasteiger partial charge in [-0.3, -0.25) is 4.99 Å². The van der Waals surface area contributed by atoms with Crippen molar-refractivity contribution in [3.63, 3.8) is 0 Å². The first-order valence-corrected chi connectivity index (χ1v) is 6.92. The summed E-state index contributed by atoms with van der Waals surface area (Å²) in [6.45, 7) is 6.85. The second-order valence-corrected chi connectivity index (χ2v) is 5.20. The average molecular weight is 303 g/mol. The molecule has 19 heavy (non-hydrogen) atoms. The zero-order chi connectivity index (χ0) is 13.8. The van der Waals surface area contributed by atoms with E-state index in [1.54, 1.807) is 6.21 Å². The molecule has 1 aliphatic heterocycles. The van der Waals surface area contributed by atoms with Crippen molar-refractivity contribution in [1.82, 2.24) is 9.97 Å². The monoisotopic (exact) mass is 302 g/mol. The van der Waals surface area contributed by atoms with Crippen molar-refractivity contribution in [2.45, 2.75) is 19.9 Å². The van der Waals surface area contributed by atoms with E-state index in [-0.39, 0.29) is 16.3 Å². The zero-order valence-corrected chi connectivity index (χ0v) is 12.4. The van der Waals surface area contributed by atoms with Crippen molar-refractivity contribution in [1.29, 1.82) is 0 Å². The molecule has 2 heterocycles. The quantitative estimate of drug-likeness (QED) is 0.805. The van der Waals surface area contributed by atoms with Gasteiger partial charge >= 0.3 is 0 Å². The third kappa shape index (κ3) is 3.78. The fourth-order valence-electron chi connectivity index (χ4n) is 1.71. The van der Waals surface area contributed by atoms with Crippen molar-refractivity contribution < 1.29 is 4.74 Å².